The van der Waals surface area contributed by atoms with Gasteiger partial charge >= 0.3 is 0 Å². The standard InChI is InChI=1S/C24H25N3O3/c1-15-5-4-8-19(15)23(29)26-21-14-27(13-18-6-2-3-7-20(18)21)24(30)17-11-9-16(10-12-17)22(25)28/h2-3,6-7,9-12,21H,4-5,8,13-14H2,1H3,(H2,25,28)(H,26,29). The van der Waals surface area contributed by atoms with E-state index in [1.165, 1.54) is 0 Å². The number of carbonyl (C=O) groups is 3. The molecule has 2 aromatic rings. The molecule has 0 fully saturated rings. The van der Waals surface area contributed by atoms with Crippen molar-refractivity contribution in [2.24, 2.45) is 5.73 Å². The van der Waals surface area contributed by atoms with Crippen molar-refractivity contribution >= 4 is 17.7 Å². The van der Waals surface area contributed by atoms with Crippen LogP contribution in [0.5, 0.6) is 0 Å². The Hall–Kier alpha value is -3.41. The Morgan fingerprint density at radius 3 is 2.37 bits per heavy atom. The van der Waals surface area contributed by atoms with Gasteiger partial charge in [0.1, 0.15) is 0 Å². The number of benzene rings is 2. The molecule has 3 amide bonds. The Morgan fingerprint density at radius 2 is 1.70 bits per heavy atom. The van der Waals surface area contributed by atoms with Crippen LogP contribution in [-0.4, -0.2) is 29.2 Å². The monoisotopic (exact) mass is 403 g/mol. The van der Waals surface area contributed by atoms with Crippen LogP contribution < -0.4 is 11.1 Å². The molecule has 6 nitrogen and oxygen atoms in total. The Balaban J connectivity index is 1.57. The lowest BCUT2D eigenvalue weighted by Crippen LogP contribution is -2.44. The van der Waals surface area contributed by atoms with Crippen LogP contribution in [0.2, 0.25) is 0 Å². The normalized spacial score (nSPS) is 18.2. The molecule has 1 aliphatic carbocycles. The zero-order valence-electron chi connectivity index (χ0n) is 17.0. The molecule has 1 aliphatic heterocycles. The molecule has 2 aliphatic rings. The van der Waals surface area contributed by atoms with Crippen LogP contribution in [0.1, 0.15) is 64.1 Å². The minimum atomic E-state index is -0.528. The summed E-state index contributed by atoms with van der Waals surface area (Å²) in [7, 11) is 0. The summed E-state index contributed by atoms with van der Waals surface area (Å²) in [6, 6.07) is 14.0. The number of nitrogens with two attached hydrogens (primary N) is 1. The Bertz CT molecular complexity index is 1040. The average molecular weight is 403 g/mol. The van der Waals surface area contributed by atoms with E-state index < -0.39 is 5.91 Å². The first-order valence-electron chi connectivity index (χ1n) is 10.2. The Morgan fingerprint density at radius 1 is 1.00 bits per heavy atom. The fourth-order valence-electron chi connectivity index (χ4n) is 4.29. The quantitative estimate of drug-likeness (QED) is 0.822. The van der Waals surface area contributed by atoms with E-state index in [0.29, 0.717) is 24.2 Å². The van der Waals surface area contributed by atoms with Gasteiger partial charge in [-0.2, -0.15) is 0 Å². The third kappa shape index (κ3) is 3.85. The molecule has 0 saturated carbocycles. The number of primary amides is 1. The number of amides is 3. The van der Waals surface area contributed by atoms with E-state index in [1.807, 2.05) is 31.2 Å². The predicted octanol–water partition coefficient (Wildman–Crippen LogP) is 3.10. The van der Waals surface area contributed by atoms with Gasteiger partial charge in [-0.3, -0.25) is 14.4 Å². The fourth-order valence-corrected chi connectivity index (χ4v) is 4.29. The highest BCUT2D eigenvalue weighted by molar-refractivity contribution is 5.98. The van der Waals surface area contributed by atoms with Crippen molar-refractivity contribution < 1.29 is 14.4 Å². The van der Waals surface area contributed by atoms with Crippen LogP contribution in [0.3, 0.4) is 0 Å². The molecule has 1 heterocycles. The topological polar surface area (TPSA) is 92.5 Å². The first-order valence-corrected chi connectivity index (χ1v) is 10.2. The van der Waals surface area contributed by atoms with E-state index in [4.69, 9.17) is 5.73 Å². The third-order valence-corrected chi connectivity index (χ3v) is 5.97. The summed E-state index contributed by atoms with van der Waals surface area (Å²) in [6.45, 7) is 2.88. The maximum atomic E-state index is 13.1. The van der Waals surface area contributed by atoms with Gasteiger partial charge in [0, 0.05) is 29.8 Å². The van der Waals surface area contributed by atoms with Crippen molar-refractivity contribution in [3.05, 3.63) is 81.9 Å². The SMILES string of the molecule is CC1=C(C(=O)NC2CN(C(=O)c3ccc(C(N)=O)cc3)Cc3ccccc32)CCC1. The molecule has 0 spiro atoms. The van der Waals surface area contributed by atoms with Gasteiger partial charge in [-0.15, -0.1) is 0 Å². The molecule has 2 aromatic carbocycles. The van der Waals surface area contributed by atoms with Gasteiger partial charge in [-0.25, -0.2) is 0 Å². The summed E-state index contributed by atoms with van der Waals surface area (Å²) >= 11 is 0. The smallest absolute Gasteiger partial charge is 0.254 e. The van der Waals surface area contributed by atoms with Crippen molar-refractivity contribution in [2.75, 3.05) is 6.54 Å². The second-order valence-electron chi connectivity index (χ2n) is 7.96. The molecule has 1 atom stereocenters. The molecule has 4 rings (SSSR count). The number of allylic oxidation sites excluding steroid dienone is 1. The van der Waals surface area contributed by atoms with Gasteiger partial charge in [0.05, 0.1) is 6.04 Å². The number of hydrogen-bond acceptors (Lipinski definition) is 3. The van der Waals surface area contributed by atoms with Crippen LogP contribution in [-0.2, 0) is 11.3 Å². The highest BCUT2D eigenvalue weighted by Gasteiger charge is 2.30. The average Bonchev–Trinajstić information content (AvgIpc) is 3.19. The summed E-state index contributed by atoms with van der Waals surface area (Å²) in [4.78, 5) is 39.0. The minimum absolute atomic E-state index is 0.0371. The maximum Gasteiger partial charge on any atom is 0.254 e. The molecule has 1 unspecified atom stereocenters. The maximum absolute atomic E-state index is 13.1. The molecule has 0 saturated heterocycles. The summed E-state index contributed by atoms with van der Waals surface area (Å²) in [5.74, 6) is -0.707. The Kier molecular flexibility index (Phi) is 5.40. The lowest BCUT2D eigenvalue weighted by atomic mass is 9.94. The van der Waals surface area contributed by atoms with E-state index in [0.717, 1.165) is 41.5 Å². The van der Waals surface area contributed by atoms with Gasteiger partial charge in [0.15, 0.2) is 0 Å². The summed E-state index contributed by atoms with van der Waals surface area (Å²) in [6.07, 6.45) is 2.79. The number of nitrogens with zero attached hydrogens (tertiary/aromatic N) is 1. The largest absolute Gasteiger partial charge is 0.366 e. The van der Waals surface area contributed by atoms with Gasteiger partial charge in [0.25, 0.3) is 5.91 Å². The molecule has 0 aromatic heterocycles. The lowest BCUT2D eigenvalue weighted by molar-refractivity contribution is -0.118. The minimum Gasteiger partial charge on any atom is -0.366 e. The predicted molar refractivity (Wildman–Crippen MR) is 114 cm³/mol. The van der Waals surface area contributed by atoms with Gasteiger partial charge in [0.2, 0.25) is 11.8 Å². The molecule has 154 valence electrons. The van der Waals surface area contributed by atoms with Crippen LogP contribution in [0.25, 0.3) is 0 Å². The zero-order chi connectivity index (χ0) is 21.3. The molecule has 3 N–H and O–H groups in total. The number of nitrogens with one attached hydrogen (secondary N) is 1. The van der Waals surface area contributed by atoms with E-state index >= 15 is 0 Å². The Labute approximate surface area is 175 Å². The van der Waals surface area contributed by atoms with E-state index in [2.05, 4.69) is 5.32 Å². The first kappa shape index (κ1) is 19.9. The molecule has 0 radical (unpaired) electrons. The van der Waals surface area contributed by atoms with Crippen LogP contribution in [0.15, 0.2) is 59.7 Å². The third-order valence-electron chi connectivity index (χ3n) is 5.97. The van der Waals surface area contributed by atoms with E-state index in [9.17, 15) is 14.4 Å². The van der Waals surface area contributed by atoms with Crippen LogP contribution in [0, 0.1) is 0 Å². The van der Waals surface area contributed by atoms with Crippen molar-refractivity contribution in [3.63, 3.8) is 0 Å². The number of carbonyl (C=O) groups excluding carboxylic acids is 3. The van der Waals surface area contributed by atoms with Crippen LogP contribution >= 0.6 is 0 Å². The van der Waals surface area contributed by atoms with E-state index in [1.54, 1.807) is 29.2 Å². The second-order valence-corrected chi connectivity index (χ2v) is 7.96. The highest BCUT2D eigenvalue weighted by atomic mass is 16.2. The molecule has 6 heteroatoms. The number of hydrogen-bond donors (Lipinski definition) is 2. The van der Waals surface area contributed by atoms with Crippen LogP contribution in [0.4, 0.5) is 0 Å². The van der Waals surface area contributed by atoms with Crippen molar-refractivity contribution in [2.45, 2.75) is 38.8 Å². The van der Waals surface area contributed by atoms with E-state index in [-0.39, 0.29) is 17.9 Å². The van der Waals surface area contributed by atoms with Gasteiger partial charge < -0.3 is 16.0 Å². The molecular formula is C24H25N3O3. The fraction of sp³-hybridized carbons (Fsp3) is 0.292. The first-order chi connectivity index (χ1) is 14.4. The summed E-state index contributed by atoms with van der Waals surface area (Å²) in [5.41, 5.74) is 10.2. The number of fused-ring (bicyclic) bond motifs is 1. The van der Waals surface area contributed by atoms with Crippen molar-refractivity contribution in [3.8, 4) is 0 Å². The zero-order valence-corrected chi connectivity index (χ0v) is 17.0. The van der Waals surface area contributed by atoms with Gasteiger partial charge in [-0.1, -0.05) is 29.8 Å². The second kappa shape index (κ2) is 8.14. The summed E-state index contributed by atoms with van der Waals surface area (Å²) in [5, 5.41) is 3.16. The van der Waals surface area contributed by atoms with Gasteiger partial charge in [-0.05, 0) is 61.6 Å². The lowest BCUT2D eigenvalue weighted by Gasteiger charge is -2.35. The summed E-state index contributed by atoms with van der Waals surface area (Å²) < 4.78 is 0. The van der Waals surface area contributed by atoms with Crippen molar-refractivity contribution in [1.29, 1.82) is 0 Å². The molecule has 30 heavy (non-hydrogen) atoms. The molecular weight excluding hydrogens is 378 g/mol. The number of rotatable bonds is 4. The highest BCUT2D eigenvalue weighted by Crippen LogP contribution is 2.30. The molecule has 0 bridgehead atoms. The van der Waals surface area contributed by atoms with Crippen molar-refractivity contribution in [1.82, 2.24) is 10.2 Å².